The lowest BCUT2D eigenvalue weighted by Gasteiger charge is -2.31. The quantitative estimate of drug-likeness (QED) is 0.360. The molecule has 0 atom stereocenters. The maximum atomic E-state index is 12.8. The van der Waals surface area contributed by atoms with Crippen molar-refractivity contribution in [1.82, 2.24) is 4.90 Å². The van der Waals surface area contributed by atoms with Gasteiger partial charge in [-0.2, -0.15) is 21.6 Å². The van der Waals surface area contributed by atoms with Crippen LogP contribution < -0.4 is 9.81 Å². The molecule has 0 fully saturated rings. The van der Waals surface area contributed by atoms with Crippen LogP contribution in [0.25, 0.3) is 11.0 Å². The smallest absolute Gasteiger partial charge is 0.444 e. The third-order valence-electron chi connectivity index (χ3n) is 5.17. The molecular weight excluding hydrogens is 467 g/mol. The molecule has 2 aromatic rings. The maximum absolute atomic E-state index is 12.8. The summed E-state index contributed by atoms with van der Waals surface area (Å²) in [6.07, 6.45) is -0.0000758. The molecule has 0 N–H and O–H groups in total. The highest BCUT2D eigenvalue weighted by Crippen LogP contribution is 2.37. The summed E-state index contributed by atoms with van der Waals surface area (Å²) in [5.74, 6) is -0.564. The van der Waals surface area contributed by atoms with Gasteiger partial charge in [0.2, 0.25) is 0 Å². The van der Waals surface area contributed by atoms with Crippen molar-refractivity contribution in [2.24, 2.45) is 0 Å². The molecule has 1 amide bonds. The van der Waals surface area contributed by atoms with Crippen LogP contribution in [-0.4, -0.2) is 37.1 Å². The van der Waals surface area contributed by atoms with Gasteiger partial charge in [-0.25, -0.2) is 9.59 Å². The van der Waals surface area contributed by atoms with Crippen LogP contribution in [0.3, 0.4) is 0 Å². The van der Waals surface area contributed by atoms with Crippen molar-refractivity contribution in [1.29, 1.82) is 0 Å². The summed E-state index contributed by atoms with van der Waals surface area (Å²) in [7, 11) is -5.90. The van der Waals surface area contributed by atoms with Gasteiger partial charge in [-0.3, -0.25) is 0 Å². The highest BCUT2D eigenvalue weighted by atomic mass is 32.2. The zero-order valence-electron chi connectivity index (χ0n) is 18.8. The third kappa shape index (κ3) is 4.80. The van der Waals surface area contributed by atoms with Gasteiger partial charge < -0.3 is 18.2 Å². The fourth-order valence-corrected chi connectivity index (χ4v) is 4.14. The van der Waals surface area contributed by atoms with Crippen LogP contribution in [0.5, 0.6) is 5.75 Å². The van der Waals surface area contributed by atoms with Gasteiger partial charge in [-0.1, -0.05) is 6.92 Å². The average Bonchev–Trinajstić information content (AvgIpc) is 2.67. The normalized spacial score (nSPS) is 14.8. The lowest BCUT2D eigenvalue weighted by molar-refractivity contribution is -0.0500. The van der Waals surface area contributed by atoms with Crippen LogP contribution in [-0.2, 0) is 34.2 Å². The summed E-state index contributed by atoms with van der Waals surface area (Å²) in [5, 5.41) is 0.505. The average molecular weight is 491 g/mol. The van der Waals surface area contributed by atoms with E-state index in [2.05, 4.69) is 4.18 Å². The zero-order chi connectivity index (χ0) is 24.9. The van der Waals surface area contributed by atoms with E-state index in [1.807, 2.05) is 0 Å². The Hall–Kier alpha value is -2.76. The Balaban J connectivity index is 2.12. The van der Waals surface area contributed by atoms with Gasteiger partial charge in [0.25, 0.3) is 0 Å². The molecule has 0 spiro atoms. The minimum absolute atomic E-state index is 0.0452. The predicted molar refractivity (Wildman–Crippen MR) is 113 cm³/mol. The van der Waals surface area contributed by atoms with Crippen LogP contribution in [0.15, 0.2) is 15.3 Å². The number of aryl methyl sites for hydroxylation is 2. The van der Waals surface area contributed by atoms with E-state index in [1.54, 1.807) is 27.7 Å². The molecule has 1 aromatic carbocycles. The number of carbonyl (C=O) groups excluding carboxylic acids is 1. The first-order valence-corrected chi connectivity index (χ1v) is 11.6. The van der Waals surface area contributed by atoms with E-state index in [4.69, 9.17) is 9.15 Å². The molecule has 0 radical (unpaired) electrons. The minimum atomic E-state index is -5.90. The van der Waals surface area contributed by atoms with Crippen molar-refractivity contribution in [2.45, 2.75) is 65.1 Å². The summed E-state index contributed by atoms with van der Waals surface area (Å²) in [6, 6.07) is 1.21. The van der Waals surface area contributed by atoms with E-state index in [0.717, 1.165) is 0 Å². The molecule has 0 saturated carbocycles. The van der Waals surface area contributed by atoms with Crippen LogP contribution in [0.4, 0.5) is 18.0 Å². The van der Waals surface area contributed by atoms with Gasteiger partial charge >= 0.3 is 27.3 Å². The van der Waals surface area contributed by atoms with Crippen molar-refractivity contribution >= 4 is 27.2 Å². The van der Waals surface area contributed by atoms with E-state index >= 15 is 0 Å². The topological polar surface area (TPSA) is 103 Å². The molecular formula is C21H24F3NO7S. The van der Waals surface area contributed by atoms with E-state index in [-0.39, 0.29) is 36.2 Å². The van der Waals surface area contributed by atoms with Crippen molar-refractivity contribution < 1.29 is 39.7 Å². The van der Waals surface area contributed by atoms with Crippen LogP contribution >= 0.6 is 0 Å². The van der Waals surface area contributed by atoms with Crippen molar-refractivity contribution in [3.63, 3.8) is 0 Å². The number of carbonyl (C=O) groups is 1. The summed E-state index contributed by atoms with van der Waals surface area (Å²) < 4.78 is 76.6. The first kappa shape index (κ1) is 24.9. The summed E-state index contributed by atoms with van der Waals surface area (Å²) in [4.78, 5) is 26.6. The highest BCUT2D eigenvalue weighted by molar-refractivity contribution is 7.88. The molecule has 3 rings (SSSR count). The molecule has 2 heterocycles. The van der Waals surface area contributed by atoms with Crippen molar-refractivity contribution in [3.05, 3.63) is 38.7 Å². The number of fused-ring (bicyclic) bond motifs is 3. The van der Waals surface area contributed by atoms with Gasteiger partial charge in [-0.15, -0.1) is 0 Å². The number of alkyl halides is 3. The molecule has 1 aliphatic rings. The number of benzene rings is 1. The van der Waals surface area contributed by atoms with Gasteiger partial charge in [-0.05, 0) is 57.7 Å². The first-order chi connectivity index (χ1) is 15.1. The largest absolute Gasteiger partial charge is 0.534 e. The number of hydrogen-bond donors (Lipinski definition) is 0. The zero-order valence-corrected chi connectivity index (χ0v) is 19.6. The van der Waals surface area contributed by atoms with Crippen molar-refractivity contribution in [2.75, 3.05) is 6.54 Å². The first-order valence-electron chi connectivity index (χ1n) is 10.2. The molecule has 0 bridgehead atoms. The lowest BCUT2D eigenvalue weighted by Crippen LogP contribution is -2.41. The number of halogens is 3. The molecule has 0 unspecified atom stereocenters. The molecule has 0 saturated heterocycles. The second-order valence-electron chi connectivity index (χ2n) is 8.70. The summed E-state index contributed by atoms with van der Waals surface area (Å²) in [6.45, 7) is 8.40. The molecule has 8 nitrogen and oxygen atoms in total. The van der Waals surface area contributed by atoms with E-state index in [1.165, 1.54) is 17.9 Å². The van der Waals surface area contributed by atoms with Gasteiger partial charge in [0.05, 0.1) is 12.1 Å². The van der Waals surface area contributed by atoms with Crippen LogP contribution in [0.1, 0.15) is 49.9 Å². The third-order valence-corrected chi connectivity index (χ3v) is 6.13. The maximum Gasteiger partial charge on any atom is 0.534 e. The standard InChI is InChI=1S/C21H24F3NO7S/c1-6-12-9-15(32-33(28,29)21(22,23)24)11(2)17-16(12)13-7-8-25(10-14(13)18(26)30-17)19(27)31-20(3,4)5/h9H,6-8,10H2,1-5H3. The fourth-order valence-electron chi connectivity index (χ4n) is 3.64. The molecule has 182 valence electrons. The van der Waals surface area contributed by atoms with Crippen molar-refractivity contribution in [3.8, 4) is 5.75 Å². The Morgan fingerprint density at radius 2 is 1.85 bits per heavy atom. The number of ether oxygens (including phenoxy) is 1. The molecule has 1 aliphatic heterocycles. The van der Waals surface area contributed by atoms with E-state index < -0.39 is 38.7 Å². The minimum Gasteiger partial charge on any atom is -0.444 e. The second kappa shape index (κ2) is 8.23. The number of hydrogen-bond acceptors (Lipinski definition) is 7. The molecule has 0 aliphatic carbocycles. The van der Waals surface area contributed by atoms with E-state index in [0.29, 0.717) is 22.9 Å². The molecule has 1 aromatic heterocycles. The second-order valence-corrected chi connectivity index (χ2v) is 10.2. The highest BCUT2D eigenvalue weighted by Gasteiger charge is 2.49. The number of rotatable bonds is 3. The van der Waals surface area contributed by atoms with Gasteiger partial charge in [0.15, 0.2) is 0 Å². The SMILES string of the molecule is CCc1cc(OS(=O)(=O)C(F)(F)F)c(C)c2oc(=O)c3c(c12)CCN(C(=O)OC(C)(C)C)C3. The summed E-state index contributed by atoms with van der Waals surface area (Å²) in [5.41, 5.74) is -5.90. The Labute approximate surface area is 188 Å². The Morgan fingerprint density at radius 3 is 2.39 bits per heavy atom. The number of nitrogens with zero attached hydrogens (tertiary/aromatic N) is 1. The number of amides is 1. The fraction of sp³-hybridized carbons (Fsp3) is 0.524. The van der Waals surface area contributed by atoms with Crippen LogP contribution in [0.2, 0.25) is 0 Å². The molecule has 33 heavy (non-hydrogen) atoms. The molecule has 12 heteroatoms. The predicted octanol–water partition coefficient (Wildman–Crippen LogP) is 4.19. The Bertz CT molecular complexity index is 1270. The lowest BCUT2D eigenvalue weighted by atomic mass is 9.92. The summed E-state index contributed by atoms with van der Waals surface area (Å²) >= 11 is 0. The Kier molecular flexibility index (Phi) is 6.20. The Morgan fingerprint density at radius 1 is 1.21 bits per heavy atom. The monoisotopic (exact) mass is 491 g/mol. The van der Waals surface area contributed by atoms with E-state index in [9.17, 15) is 31.2 Å². The van der Waals surface area contributed by atoms with Gasteiger partial charge in [0, 0.05) is 17.5 Å². The van der Waals surface area contributed by atoms with Gasteiger partial charge in [0.1, 0.15) is 16.9 Å². The van der Waals surface area contributed by atoms with Crippen LogP contribution in [0, 0.1) is 6.92 Å².